The third-order valence-electron chi connectivity index (χ3n) is 5.12. The molecule has 0 amide bonds. The van der Waals surface area contributed by atoms with Gasteiger partial charge in [0.05, 0.1) is 16.9 Å². The van der Waals surface area contributed by atoms with Crippen molar-refractivity contribution >= 4 is 5.97 Å². The molecule has 4 nitrogen and oxygen atoms in total. The van der Waals surface area contributed by atoms with E-state index in [2.05, 4.69) is 19.9 Å². The molecule has 3 aromatic carbocycles. The molecule has 0 unspecified atom stereocenters. The van der Waals surface area contributed by atoms with Crippen LogP contribution in [0.15, 0.2) is 78.9 Å². The number of carbonyl (C=O) groups excluding carboxylic acids is 1. The van der Waals surface area contributed by atoms with E-state index in [-0.39, 0.29) is 0 Å². The van der Waals surface area contributed by atoms with Crippen LogP contribution in [-0.2, 0) is 6.42 Å². The van der Waals surface area contributed by atoms with E-state index >= 15 is 0 Å². The molecule has 0 aliphatic heterocycles. The minimum atomic E-state index is -0.400. The number of benzene rings is 3. The van der Waals surface area contributed by atoms with Gasteiger partial charge in [-0.05, 0) is 49.6 Å². The van der Waals surface area contributed by atoms with Crippen LogP contribution in [0.1, 0.15) is 34.0 Å². The highest BCUT2D eigenvalue weighted by Crippen LogP contribution is 2.28. The zero-order valence-corrected chi connectivity index (χ0v) is 17.4. The average molecular weight is 396 g/mol. The Kier molecular flexibility index (Phi) is 5.48. The van der Waals surface area contributed by atoms with Gasteiger partial charge in [-0.15, -0.1) is 0 Å². The van der Waals surface area contributed by atoms with E-state index in [1.54, 1.807) is 16.8 Å². The van der Waals surface area contributed by atoms with E-state index in [0.29, 0.717) is 11.4 Å². The number of aryl methyl sites for hydroxylation is 3. The minimum absolute atomic E-state index is 0.394. The summed E-state index contributed by atoms with van der Waals surface area (Å²) in [5.41, 5.74) is 6.51. The highest BCUT2D eigenvalue weighted by Gasteiger charge is 2.18. The molecule has 4 rings (SSSR count). The quantitative estimate of drug-likeness (QED) is 0.392. The van der Waals surface area contributed by atoms with Crippen LogP contribution in [-0.4, -0.2) is 15.7 Å². The largest absolute Gasteiger partial charge is 0.404 e. The van der Waals surface area contributed by atoms with Crippen LogP contribution in [0.25, 0.3) is 16.9 Å². The smallest absolute Gasteiger partial charge is 0.344 e. The van der Waals surface area contributed by atoms with Crippen LogP contribution in [0.2, 0.25) is 0 Å². The number of ether oxygens (including phenoxy) is 1. The van der Waals surface area contributed by atoms with Gasteiger partial charge in [-0.25, -0.2) is 4.79 Å². The fourth-order valence-electron chi connectivity index (χ4n) is 3.43. The van der Waals surface area contributed by atoms with Crippen LogP contribution >= 0.6 is 0 Å². The Morgan fingerprint density at radius 2 is 1.67 bits per heavy atom. The van der Waals surface area contributed by atoms with Gasteiger partial charge in [0.1, 0.15) is 0 Å². The Morgan fingerprint density at radius 3 is 2.33 bits per heavy atom. The maximum absolute atomic E-state index is 12.8. The van der Waals surface area contributed by atoms with Crippen molar-refractivity contribution in [1.29, 1.82) is 0 Å². The summed E-state index contributed by atoms with van der Waals surface area (Å²) in [5.74, 6) is -0.00597. The summed E-state index contributed by atoms with van der Waals surface area (Å²) < 4.78 is 7.51. The second-order valence-corrected chi connectivity index (χ2v) is 7.38. The van der Waals surface area contributed by atoms with Gasteiger partial charge in [0.25, 0.3) is 0 Å². The SMILES string of the molecule is CCc1ccc(C(=O)Oc2cc(-c3ccccc3)nn2-c2ccc(C)cc2C)cc1. The number of hydrogen-bond donors (Lipinski definition) is 0. The molecule has 0 aliphatic carbocycles. The number of carbonyl (C=O) groups is 1. The molecule has 0 radical (unpaired) electrons. The van der Waals surface area contributed by atoms with Gasteiger partial charge >= 0.3 is 5.97 Å². The van der Waals surface area contributed by atoms with Crippen molar-refractivity contribution < 1.29 is 9.53 Å². The van der Waals surface area contributed by atoms with Crippen molar-refractivity contribution in [2.45, 2.75) is 27.2 Å². The predicted molar refractivity (Wildman–Crippen MR) is 119 cm³/mol. The molecule has 0 saturated heterocycles. The molecular formula is C26H24N2O2. The summed E-state index contributed by atoms with van der Waals surface area (Å²) in [6.07, 6.45) is 0.926. The second kappa shape index (κ2) is 8.37. The molecule has 0 bridgehead atoms. The molecule has 0 saturated carbocycles. The summed E-state index contributed by atoms with van der Waals surface area (Å²) >= 11 is 0. The van der Waals surface area contributed by atoms with Crippen molar-refractivity contribution in [3.8, 4) is 22.8 Å². The molecule has 4 heteroatoms. The molecule has 150 valence electrons. The number of rotatable bonds is 5. The minimum Gasteiger partial charge on any atom is -0.404 e. The molecular weight excluding hydrogens is 372 g/mol. The van der Waals surface area contributed by atoms with Crippen molar-refractivity contribution in [2.75, 3.05) is 0 Å². The first-order valence-corrected chi connectivity index (χ1v) is 10.1. The van der Waals surface area contributed by atoms with E-state index in [0.717, 1.165) is 28.9 Å². The van der Waals surface area contributed by atoms with Gasteiger partial charge in [0.15, 0.2) is 0 Å². The molecule has 0 fully saturated rings. The van der Waals surface area contributed by atoms with Crippen LogP contribution < -0.4 is 4.74 Å². The zero-order chi connectivity index (χ0) is 21.1. The van der Waals surface area contributed by atoms with Gasteiger partial charge in [0, 0.05) is 11.6 Å². The monoisotopic (exact) mass is 396 g/mol. The van der Waals surface area contributed by atoms with Crippen LogP contribution in [0.5, 0.6) is 5.88 Å². The molecule has 0 spiro atoms. The number of aromatic nitrogens is 2. The molecule has 0 N–H and O–H groups in total. The molecule has 4 aromatic rings. The van der Waals surface area contributed by atoms with Crippen LogP contribution in [0.4, 0.5) is 0 Å². The maximum atomic E-state index is 12.8. The van der Waals surface area contributed by atoms with Crippen molar-refractivity contribution in [1.82, 2.24) is 9.78 Å². The summed E-state index contributed by atoms with van der Waals surface area (Å²) in [6, 6.07) is 25.3. The Hall–Kier alpha value is -3.66. The third-order valence-corrected chi connectivity index (χ3v) is 5.12. The summed E-state index contributed by atoms with van der Waals surface area (Å²) in [7, 11) is 0. The van der Waals surface area contributed by atoms with Gasteiger partial charge in [0.2, 0.25) is 5.88 Å². The number of nitrogens with zero attached hydrogens (tertiary/aromatic N) is 2. The van der Waals surface area contributed by atoms with Crippen molar-refractivity contribution in [2.24, 2.45) is 0 Å². The lowest BCUT2D eigenvalue weighted by Crippen LogP contribution is -2.12. The van der Waals surface area contributed by atoms with Crippen molar-refractivity contribution in [3.63, 3.8) is 0 Å². The van der Waals surface area contributed by atoms with E-state index in [9.17, 15) is 4.79 Å². The van der Waals surface area contributed by atoms with Crippen LogP contribution in [0.3, 0.4) is 0 Å². The fourth-order valence-corrected chi connectivity index (χ4v) is 3.43. The highest BCUT2D eigenvalue weighted by atomic mass is 16.5. The number of hydrogen-bond acceptors (Lipinski definition) is 3. The Morgan fingerprint density at radius 1 is 0.933 bits per heavy atom. The van der Waals surface area contributed by atoms with Gasteiger partial charge in [-0.1, -0.05) is 67.1 Å². The summed E-state index contributed by atoms with van der Waals surface area (Å²) in [4.78, 5) is 12.8. The molecule has 1 heterocycles. The summed E-state index contributed by atoms with van der Waals surface area (Å²) in [6.45, 7) is 6.17. The predicted octanol–water partition coefficient (Wildman–Crippen LogP) is 5.94. The first-order valence-electron chi connectivity index (χ1n) is 10.1. The van der Waals surface area contributed by atoms with Crippen LogP contribution in [0, 0.1) is 13.8 Å². The standard InChI is InChI=1S/C26H24N2O2/c1-4-20-11-13-22(14-12-20)26(29)30-25-17-23(21-8-6-5-7-9-21)27-28(25)24-15-10-18(2)16-19(24)3/h5-17H,4H2,1-3H3. The summed E-state index contributed by atoms with van der Waals surface area (Å²) in [5, 5.41) is 4.75. The molecule has 30 heavy (non-hydrogen) atoms. The van der Waals surface area contributed by atoms with E-state index in [4.69, 9.17) is 9.84 Å². The molecule has 0 aliphatic rings. The Balaban J connectivity index is 1.74. The Bertz CT molecular complexity index is 1180. The van der Waals surface area contributed by atoms with E-state index < -0.39 is 5.97 Å². The lowest BCUT2D eigenvalue weighted by molar-refractivity contribution is 0.0723. The van der Waals surface area contributed by atoms with E-state index in [1.165, 1.54) is 11.1 Å². The average Bonchev–Trinajstić information content (AvgIpc) is 3.18. The number of esters is 1. The van der Waals surface area contributed by atoms with Crippen molar-refractivity contribution in [3.05, 3.63) is 101 Å². The lowest BCUT2D eigenvalue weighted by Gasteiger charge is -2.11. The second-order valence-electron chi connectivity index (χ2n) is 7.38. The lowest BCUT2D eigenvalue weighted by atomic mass is 10.1. The normalized spacial score (nSPS) is 10.8. The van der Waals surface area contributed by atoms with Gasteiger partial charge in [-0.3, -0.25) is 0 Å². The fraction of sp³-hybridized carbons (Fsp3) is 0.154. The van der Waals surface area contributed by atoms with E-state index in [1.807, 2.05) is 67.6 Å². The molecule has 1 aromatic heterocycles. The van der Waals surface area contributed by atoms with Gasteiger partial charge < -0.3 is 4.74 Å². The van der Waals surface area contributed by atoms with Gasteiger partial charge in [-0.2, -0.15) is 9.78 Å². The third kappa shape index (κ3) is 4.03. The zero-order valence-electron chi connectivity index (χ0n) is 17.4. The maximum Gasteiger partial charge on any atom is 0.344 e. The topological polar surface area (TPSA) is 44.1 Å². The highest BCUT2D eigenvalue weighted by molar-refractivity contribution is 5.91. The molecule has 0 atom stereocenters. The first-order chi connectivity index (χ1) is 14.5. The first kappa shape index (κ1) is 19.6. The Labute approximate surface area is 176 Å².